The number of nitrogens with zero attached hydrogens (tertiary/aromatic N) is 2. The van der Waals surface area contributed by atoms with E-state index in [0.717, 1.165) is 23.2 Å². The van der Waals surface area contributed by atoms with Gasteiger partial charge in [-0.3, -0.25) is 4.79 Å². The quantitative estimate of drug-likeness (QED) is 0.805. The number of fused-ring (bicyclic) bond motifs is 1. The smallest absolute Gasteiger partial charge is 0.240 e. The monoisotopic (exact) mass is 301 g/mol. The second-order valence-electron chi connectivity index (χ2n) is 4.84. The van der Waals surface area contributed by atoms with Gasteiger partial charge in [-0.15, -0.1) is 0 Å². The zero-order valence-electron chi connectivity index (χ0n) is 11.6. The van der Waals surface area contributed by atoms with Gasteiger partial charge in [0.15, 0.2) is 0 Å². The van der Waals surface area contributed by atoms with Crippen molar-refractivity contribution in [1.82, 2.24) is 14.9 Å². The number of carbonyl (C=O) groups is 1. The van der Waals surface area contributed by atoms with E-state index in [-0.39, 0.29) is 24.6 Å². The predicted molar refractivity (Wildman–Crippen MR) is 77.9 cm³/mol. The van der Waals surface area contributed by atoms with Gasteiger partial charge in [-0.1, -0.05) is 18.2 Å². The van der Waals surface area contributed by atoms with Crippen LogP contribution in [0.25, 0.3) is 11.0 Å². The van der Waals surface area contributed by atoms with Crippen LogP contribution >= 0.6 is 0 Å². The Balaban J connectivity index is 1.68. The van der Waals surface area contributed by atoms with Crippen molar-refractivity contribution in [3.63, 3.8) is 0 Å². The highest BCUT2D eigenvalue weighted by Crippen LogP contribution is 2.13. The highest BCUT2D eigenvalue weighted by molar-refractivity contribution is 5.80. The second-order valence-corrected chi connectivity index (χ2v) is 4.84. The third kappa shape index (κ3) is 2.81. The molecule has 0 bridgehead atoms. The molecule has 1 heterocycles. The van der Waals surface area contributed by atoms with Gasteiger partial charge in [0, 0.05) is 12.1 Å². The van der Waals surface area contributed by atoms with E-state index in [1.807, 2.05) is 24.3 Å². The van der Waals surface area contributed by atoms with Crippen molar-refractivity contribution in [2.75, 3.05) is 0 Å². The van der Waals surface area contributed by atoms with E-state index in [1.54, 1.807) is 10.9 Å². The summed E-state index contributed by atoms with van der Waals surface area (Å²) in [6.07, 6.45) is 1.56. The number of hydrogen-bond donors (Lipinski definition) is 1. The van der Waals surface area contributed by atoms with Gasteiger partial charge < -0.3 is 9.88 Å². The van der Waals surface area contributed by atoms with E-state index >= 15 is 0 Å². The molecule has 0 fully saturated rings. The van der Waals surface area contributed by atoms with Crippen molar-refractivity contribution >= 4 is 16.9 Å². The third-order valence-corrected chi connectivity index (χ3v) is 3.37. The van der Waals surface area contributed by atoms with Crippen LogP contribution in [-0.2, 0) is 17.9 Å². The lowest BCUT2D eigenvalue weighted by atomic mass is 10.2. The fraction of sp³-hybridized carbons (Fsp3) is 0.125. The van der Waals surface area contributed by atoms with Crippen LogP contribution in [0.15, 0.2) is 48.8 Å². The first-order chi connectivity index (χ1) is 10.6. The van der Waals surface area contributed by atoms with Crippen molar-refractivity contribution in [3.05, 3.63) is 66.0 Å². The largest absolute Gasteiger partial charge is 0.350 e. The Hall–Kier alpha value is -2.76. The number of para-hydroxylation sites is 2. The minimum Gasteiger partial charge on any atom is -0.350 e. The molecule has 0 aliphatic heterocycles. The summed E-state index contributed by atoms with van der Waals surface area (Å²) in [5.41, 5.74) is 1.47. The maximum atomic E-state index is 13.5. The summed E-state index contributed by atoms with van der Waals surface area (Å²) in [7, 11) is 0. The van der Waals surface area contributed by atoms with Gasteiger partial charge in [-0.05, 0) is 24.3 Å². The van der Waals surface area contributed by atoms with E-state index in [1.165, 1.54) is 6.07 Å². The zero-order valence-corrected chi connectivity index (χ0v) is 11.6. The molecule has 0 aliphatic rings. The number of amides is 1. The molecule has 0 saturated heterocycles. The first-order valence-electron chi connectivity index (χ1n) is 6.74. The van der Waals surface area contributed by atoms with Crippen LogP contribution in [0.2, 0.25) is 0 Å². The Labute approximate surface area is 125 Å². The minimum absolute atomic E-state index is 0.0383. The molecule has 112 valence electrons. The summed E-state index contributed by atoms with van der Waals surface area (Å²) in [4.78, 5) is 16.1. The summed E-state index contributed by atoms with van der Waals surface area (Å²) in [6.45, 7) is -0.152. The van der Waals surface area contributed by atoms with Gasteiger partial charge >= 0.3 is 0 Å². The molecular formula is C16H13F2N3O. The zero-order chi connectivity index (χ0) is 15.5. The van der Waals surface area contributed by atoms with Crippen molar-refractivity contribution in [1.29, 1.82) is 0 Å². The van der Waals surface area contributed by atoms with Gasteiger partial charge in [0.2, 0.25) is 5.91 Å². The minimum atomic E-state index is -0.673. The average molecular weight is 301 g/mol. The van der Waals surface area contributed by atoms with E-state index < -0.39 is 11.6 Å². The van der Waals surface area contributed by atoms with Gasteiger partial charge in [-0.2, -0.15) is 0 Å². The molecule has 3 aromatic rings. The van der Waals surface area contributed by atoms with Gasteiger partial charge in [-0.25, -0.2) is 13.8 Å². The highest BCUT2D eigenvalue weighted by Gasteiger charge is 2.11. The van der Waals surface area contributed by atoms with Crippen LogP contribution in [0.3, 0.4) is 0 Å². The first-order valence-corrected chi connectivity index (χ1v) is 6.74. The number of benzene rings is 2. The molecule has 0 spiro atoms. The van der Waals surface area contributed by atoms with Crippen LogP contribution in [0, 0.1) is 11.6 Å². The SMILES string of the molecule is O=C(Cn1cnc2ccccc21)NCc1c(F)cccc1F. The van der Waals surface area contributed by atoms with Crippen molar-refractivity contribution < 1.29 is 13.6 Å². The summed E-state index contributed by atoms with van der Waals surface area (Å²) in [5.74, 6) is -1.69. The highest BCUT2D eigenvalue weighted by atomic mass is 19.1. The molecule has 0 atom stereocenters. The van der Waals surface area contributed by atoms with Crippen LogP contribution in [0.5, 0.6) is 0 Å². The molecule has 6 heteroatoms. The molecule has 2 aromatic carbocycles. The predicted octanol–water partition coefficient (Wildman–Crippen LogP) is 2.63. The molecule has 0 radical (unpaired) electrons. The molecule has 22 heavy (non-hydrogen) atoms. The Bertz CT molecular complexity index is 809. The fourth-order valence-corrected chi connectivity index (χ4v) is 2.24. The second kappa shape index (κ2) is 5.93. The summed E-state index contributed by atoms with van der Waals surface area (Å²) in [6, 6.07) is 11.0. The number of halogens is 2. The van der Waals surface area contributed by atoms with Crippen LogP contribution in [0.1, 0.15) is 5.56 Å². The number of hydrogen-bond acceptors (Lipinski definition) is 2. The molecule has 1 aromatic heterocycles. The van der Waals surface area contributed by atoms with Gasteiger partial charge in [0.25, 0.3) is 0 Å². The Morgan fingerprint density at radius 3 is 2.59 bits per heavy atom. The van der Waals surface area contributed by atoms with Crippen molar-refractivity contribution in [2.45, 2.75) is 13.1 Å². The molecular weight excluding hydrogens is 288 g/mol. The molecule has 3 rings (SSSR count). The van der Waals surface area contributed by atoms with E-state index in [9.17, 15) is 13.6 Å². The van der Waals surface area contributed by atoms with Gasteiger partial charge in [0.05, 0.1) is 17.4 Å². The molecule has 1 amide bonds. The van der Waals surface area contributed by atoms with Crippen molar-refractivity contribution in [3.8, 4) is 0 Å². The van der Waals surface area contributed by atoms with Crippen LogP contribution in [-0.4, -0.2) is 15.5 Å². The maximum absolute atomic E-state index is 13.5. The number of carbonyl (C=O) groups excluding carboxylic acids is 1. The lowest BCUT2D eigenvalue weighted by Crippen LogP contribution is -2.27. The third-order valence-electron chi connectivity index (χ3n) is 3.37. The topological polar surface area (TPSA) is 46.9 Å². The van der Waals surface area contributed by atoms with Crippen LogP contribution < -0.4 is 5.32 Å². The van der Waals surface area contributed by atoms with Gasteiger partial charge in [0.1, 0.15) is 18.2 Å². The van der Waals surface area contributed by atoms with Crippen molar-refractivity contribution in [2.24, 2.45) is 0 Å². The Morgan fingerprint density at radius 2 is 1.82 bits per heavy atom. The summed E-state index contributed by atoms with van der Waals surface area (Å²) in [5, 5.41) is 2.52. The Morgan fingerprint density at radius 1 is 1.09 bits per heavy atom. The molecule has 4 nitrogen and oxygen atoms in total. The average Bonchev–Trinajstić information content (AvgIpc) is 2.90. The summed E-state index contributed by atoms with van der Waals surface area (Å²) >= 11 is 0. The number of imidazole rings is 1. The van der Waals surface area contributed by atoms with E-state index in [0.29, 0.717) is 0 Å². The van der Waals surface area contributed by atoms with E-state index in [4.69, 9.17) is 0 Å². The van der Waals surface area contributed by atoms with E-state index in [2.05, 4.69) is 10.3 Å². The summed E-state index contributed by atoms with van der Waals surface area (Å²) < 4.78 is 28.6. The molecule has 0 unspecified atom stereocenters. The first kappa shape index (κ1) is 14.2. The molecule has 0 aliphatic carbocycles. The normalized spacial score (nSPS) is 10.8. The number of nitrogens with one attached hydrogen (secondary N) is 1. The standard InChI is InChI=1S/C16H13F2N3O/c17-12-4-3-5-13(18)11(12)8-19-16(22)9-21-10-20-14-6-1-2-7-15(14)21/h1-7,10H,8-9H2,(H,19,22). The molecule has 1 N–H and O–H groups in total. The lowest BCUT2D eigenvalue weighted by Gasteiger charge is -2.08. The maximum Gasteiger partial charge on any atom is 0.240 e. The van der Waals surface area contributed by atoms with Crippen LogP contribution in [0.4, 0.5) is 8.78 Å². The Kier molecular flexibility index (Phi) is 3.82. The fourth-order valence-electron chi connectivity index (χ4n) is 2.24. The molecule has 0 saturated carbocycles. The number of rotatable bonds is 4. The number of aromatic nitrogens is 2. The lowest BCUT2D eigenvalue weighted by molar-refractivity contribution is -0.121.